The molecule has 12 aliphatic carbocycles. The zero-order valence-electron chi connectivity index (χ0n) is 91.7. The lowest BCUT2D eigenvalue weighted by Gasteiger charge is -2.57. The molecule has 0 saturated heterocycles. The molecule has 0 unspecified atom stereocenters. The van der Waals surface area contributed by atoms with E-state index >= 15 is 0 Å². The van der Waals surface area contributed by atoms with Gasteiger partial charge in [-0.05, 0) is 407 Å². The molecule has 0 radical (unpaired) electrons. The third-order valence-electron chi connectivity index (χ3n) is 39.1. The normalized spacial score (nSPS) is 23.6. The van der Waals surface area contributed by atoms with Crippen molar-refractivity contribution in [2.75, 3.05) is 0 Å². The van der Waals surface area contributed by atoms with Crippen molar-refractivity contribution >= 4 is 131 Å². The average Bonchev–Trinajstić information content (AvgIpc) is 1.62. The molecule has 9 heteroatoms. The van der Waals surface area contributed by atoms with Gasteiger partial charge in [0, 0.05) is 76.9 Å². The number of pyridine rings is 3. The van der Waals surface area contributed by atoms with Crippen LogP contribution in [-0.4, -0.2) is 42.4 Å². The summed E-state index contributed by atoms with van der Waals surface area (Å²) in [5, 5.41) is 15.7. The largest absolute Gasteiger partial charge is 0.309 e. The first-order chi connectivity index (χ1) is 71.8. The Morgan fingerprint density at radius 3 is 0.740 bits per heavy atom. The van der Waals surface area contributed by atoms with Crippen molar-refractivity contribution in [3.8, 4) is 34.6 Å². The maximum Gasteiger partial charge on any atom is 0.140 e. The van der Waals surface area contributed by atoms with E-state index in [1.54, 1.807) is 16.7 Å². The maximum atomic E-state index is 5.55. The Balaban J connectivity index is 0.000000108. The van der Waals surface area contributed by atoms with E-state index in [4.69, 9.17) is 15.0 Å². The van der Waals surface area contributed by atoms with E-state index < -0.39 is 0 Å². The molecule has 0 N–H and O–H groups in total. The molecule has 0 amide bonds. The molecule has 12 bridgehead atoms. The number of fused-ring (bicyclic) bond motifs is 18. The van der Waals surface area contributed by atoms with Crippen LogP contribution in [0.2, 0.25) is 0 Å². The first-order valence-corrected chi connectivity index (χ1v) is 57.2. The predicted molar refractivity (Wildman–Crippen MR) is 630 cm³/mol. The summed E-state index contributed by atoms with van der Waals surface area (Å²) in [7, 11) is 0. The Morgan fingerprint density at radius 2 is 0.447 bits per heavy atom. The topological polar surface area (TPSA) is 68.2 Å². The first kappa shape index (κ1) is 94.1. The van der Waals surface area contributed by atoms with Crippen LogP contribution in [-0.2, 0) is 48.7 Å². The maximum absolute atomic E-state index is 5.55. The number of rotatable bonds is 9. The minimum Gasteiger partial charge on any atom is -0.309 e. The lowest BCUT2D eigenvalue weighted by molar-refractivity contribution is -0.00525. The second-order valence-electron chi connectivity index (χ2n) is 55.3. The summed E-state index contributed by atoms with van der Waals surface area (Å²) in [5.41, 5.74) is 31.5. The number of hydrogen-bond donors (Lipinski definition) is 0. The van der Waals surface area contributed by atoms with Gasteiger partial charge in [0.2, 0.25) is 0 Å². The lowest BCUT2D eigenvalue weighted by atomic mass is 9.48. The summed E-state index contributed by atoms with van der Waals surface area (Å²) in [6, 6.07) is 107. The molecule has 9 aromatic heterocycles. The van der Waals surface area contributed by atoms with Crippen LogP contribution in [0.3, 0.4) is 0 Å². The third-order valence-corrected chi connectivity index (χ3v) is 39.1. The second kappa shape index (κ2) is 33.4. The van der Waals surface area contributed by atoms with Crippen LogP contribution in [0.1, 0.15) is 290 Å². The highest BCUT2D eigenvalue weighted by Crippen LogP contribution is 2.65. The van der Waals surface area contributed by atoms with Gasteiger partial charge in [0.1, 0.15) is 23.3 Å². The number of hydrogen-bond acceptors (Lipinski definition) is 3. The summed E-state index contributed by atoms with van der Waals surface area (Å²) in [6.45, 7) is 41.5. The standard InChI is InChI=1S/3C47H49N3/c1-45(2,3)32-15-18-40-37(23-32)38-24-33(46(4,5)6)16-19-41(38)49(40)43-12-9-13-44(48-43)50-39-11-8-7-10-35(39)36-17-14-34(25-42(36)50)47-26-29-20-30(27-47)22-31(21-29)28-47;1-45(2,3)32-12-16-41-38(22-32)39-23-33(46(4,5)6)13-17-42(39)50(41)44-18-14-35(28-48-44)49-40-10-8-7-9-36(40)37-15-11-34(24-43(37)49)47-25-29-19-30(26-47)21-31(20-29)27-47;1-45(2,3)32-12-15-41-38(22-32)39-23-33(46(4,5)6)13-16-42(39)50(41)44-25-35(17-18-48-44)49-40-10-8-7-9-36(40)37-14-11-34(24-43(37)49)47-26-29-19-30(27-47)21-31(20-29)28-47/h7-19,23-25,29-31H,20-22,26-28H2,1-6H3;7-18,22-24,28-31H,19-21,25-27H2,1-6H3;7-18,22-25,29-31H,19-21,26-28H2,1-6H3. The summed E-state index contributed by atoms with van der Waals surface area (Å²) in [5.74, 6) is 12.2. The summed E-state index contributed by atoms with van der Waals surface area (Å²) in [6.07, 6.45) is 29.8. The van der Waals surface area contributed by atoms with E-state index in [1.807, 2.05) is 6.20 Å². The monoisotopic (exact) mass is 1970 g/mol. The second-order valence-corrected chi connectivity index (χ2v) is 55.3. The molecule has 12 aromatic carbocycles. The van der Waals surface area contributed by atoms with Crippen LogP contribution in [0, 0.1) is 53.3 Å². The Morgan fingerprint density at radius 1 is 0.193 bits per heavy atom. The summed E-state index contributed by atoms with van der Waals surface area (Å²) in [4.78, 5) is 15.9. The Hall–Kier alpha value is -13.1. The van der Waals surface area contributed by atoms with Gasteiger partial charge < -0.3 is 9.13 Å². The Kier molecular flexibility index (Phi) is 21.0. The highest BCUT2D eigenvalue weighted by molar-refractivity contribution is 6.15. The Labute approximate surface area is 885 Å². The van der Waals surface area contributed by atoms with E-state index in [9.17, 15) is 0 Å². The molecule has 0 atom stereocenters. The molecule has 33 rings (SSSR count). The fraction of sp³-hybridized carbons (Fsp3) is 0.383. The minimum atomic E-state index is 0.0635. The molecule has 0 aliphatic heterocycles. The zero-order chi connectivity index (χ0) is 102. The molecule has 150 heavy (non-hydrogen) atoms. The smallest absolute Gasteiger partial charge is 0.140 e. The molecule has 9 nitrogen and oxygen atoms in total. The van der Waals surface area contributed by atoms with Crippen molar-refractivity contribution in [1.82, 2.24) is 42.4 Å². The minimum absolute atomic E-state index is 0.0635. The predicted octanol–water partition coefficient (Wildman–Crippen LogP) is 37.0. The fourth-order valence-electron chi connectivity index (χ4n) is 32.7. The van der Waals surface area contributed by atoms with Gasteiger partial charge in [-0.25, -0.2) is 15.0 Å². The number of benzene rings is 12. The number of para-hydroxylation sites is 3. The molecule has 9 heterocycles. The SMILES string of the molecule is CC(C)(C)c1ccc2c(c1)c1cc(C(C)(C)C)ccc1n2-c1cc(-n2c3ccccc3c3ccc(C45CC6CC(CC(C6)C4)C5)cc32)ccn1.CC(C)(C)c1ccc2c(c1)c1cc(C(C)(C)C)ccc1n2-c1ccc(-n2c3ccccc3c3ccc(C45CC6CC(CC(C6)C4)C5)cc32)cn1.CC(C)(C)c1ccc2c(c1)c1cc(C(C)(C)C)ccc1n2-c1cccc(-n2c3ccccc3c3ccc(C45CC6CC(CC(C6)C4)C5)cc32)n1. The van der Waals surface area contributed by atoms with Crippen molar-refractivity contribution in [2.45, 2.75) is 289 Å². The summed E-state index contributed by atoms with van der Waals surface area (Å²) >= 11 is 0. The highest BCUT2D eigenvalue weighted by Gasteiger charge is 2.55. The van der Waals surface area contributed by atoms with Crippen molar-refractivity contribution in [3.05, 3.63) is 342 Å². The molecular weight excluding hydrogens is 1820 g/mol. The fourth-order valence-corrected chi connectivity index (χ4v) is 32.7. The van der Waals surface area contributed by atoms with Gasteiger partial charge in [-0.2, -0.15) is 0 Å². The van der Waals surface area contributed by atoms with Crippen LogP contribution >= 0.6 is 0 Å². The molecule has 12 aliphatic rings. The van der Waals surface area contributed by atoms with Gasteiger partial charge in [0.05, 0.1) is 83.8 Å². The molecule has 12 saturated carbocycles. The molecule has 12 fully saturated rings. The van der Waals surface area contributed by atoms with Gasteiger partial charge >= 0.3 is 0 Å². The van der Waals surface area contributed by atoms with Crippen LogP contribution in [0.4, 0.5) is 0 Å². The van der Waals surface area contributed by atoms with E-state index in [-0.39, 0.29) is 32.5 Å². The Bertz CT molecular complexity index is 8450. The van der Waals surface area contributed by atoms with Gasteiger partial charge in [0.25, 0.3) is 0 Å². The first-order valence-electron chi connectivity index (χ1n) is 57.2. The lowest BCUT2D eigenvalue weighted by Crippen LogP contribution is -2.48. The summed E-state index contributed by atoms with van der Waals surface area (Å²) < 4.78 is 14.6. The van der Waals surface area contributed by atoms with Crippen molar-refractivity contribution < 1.29 is 0 Å². The van der Waals surface area contributed by atoms with E-state index in [0.29, 0.717) is 16.2 Å². The van der Waals surface area contributed by atoms with Crippen molar-refractivity contribution in [1.29, 1.82) is 0 Å². The van der Waals surface area contributed by atoms with E-state index in [0.717, 1.165) is 87.9 Å². The molecule has 0 spiro atoms. The van der Waals surface area contributed by atoms with Crippen molar-refractivity contribution in [3.63, 3.8) is 0 Å². The van der Waals surface area contributed by atoms with E-state index in [2.05, 4.69) is 437 Å². The van der Waals surface area contributed by atoms with E-state index in [1.165, 1.54) is 280 Å². The van der Waals surface area contributed by atoms with Crippen LogP contribution < -0.4 is 0 Å². The van der Waals surface area contributed by atoms with Gasteiger partial charge in [-0.15, -0.1) is 0 Å². The number of nitrogens with zero attached hydrogens (tertiary/aromatic N) is 9. The van der Waals surface area contributed by atoms with Gasteiger partial charge in [-0.3, -0.25) is 18.3 Å². The van der Waals surface area contributed by atoms with Crippen LogP contribution in [0.15, 0.2) is 291 Å². The quantitative estimate of drug-likeness (QED) is 0.145. The zero-order valence-corrected chi connectivity index (χ0v) is 91.7. The molecule has 756 valence electrons. The molecule has 21 aromatic rings. The van der Waals surface area contributed by atoms with Crippen molar-refractivity contribution in [2.24, 2.45) is 53.3 Å². The van der Waals surface area contributed by atoms with Crippen LogP contribution in [0.25, 0.3) is 165 Å². The number of aromatic nitrogens is 9. The van der Waals surface area contributed by atoms with Crippen LogP contribution in [0.5, 0.6) is 0 Å². The molecular formula is C141H147N9. The van der Waals surface area contributed by atoms with Gasteiger partial charge in [-0.1, -0.05) is 258 Å². The highest BCUT2D eigenvalue weighted by atomic mass is 15.1. The average molecular weight is 1970 g/mol. The third kappa shape index (κ3) is 15.3. The van der Waals surface area contributed by atoms with Gasteiger partial charge in [0.15, 0.2) is 0 Å².